The van der Waals surface area contributed by atoms with Crippen LogP contribution in [0.4, 0.5) is 8.78 Å². The number of halogens is 2. The highest BCUT2D eigenvalue weighted by atomic mass is 19.1. The van der Waals surface area contributed by atoms with E-state index in [0.717, 1.165) is 31.7 Å². The molecule has 0 unspecified atom stereocenters. The van der Waals surface area contributed by atoms with E-state index >= 15 is 0 Å². The second-order valence-electron chi connectivity index (χ2n) is 5.17. The minimum absolute atomic E-state index is 0.139. The van der Waals surface area contributed by atoms with Gasteiger partial charge in [-0.3, -0.25) is 4.57 Å². The molecular formula is C14H15F2N3O. The molecule has 1 aliphatic rings. The molecule has 0 saturated heterocycles. The van der Waals surface area contributed by atoms with Gasteiger partial charge in [0.25, 0.3) is 0 Å². The molecule has 1 saturated carbocycles. The Kier molecular flexibility index (Phi) is 3.38. The number of hydrogen-bond acceptors (Lipinski definition) is 2. The Hall–Kier alpha value is -1.98. The van der Waals surface area contributed by atoms with E-state index in [1.807, 2.05) is 0 Å². The van der Waals surface area contributed by atoms with Crippen molar-refractivity contribution in [2.24, 2.45) is 0 Å². The van der Waals surface area contributed by atoms with Crippen LogP contribution in [0.2, 0.25) is 0 Å². The summed E-state index contributed by atoms with van der Waals surface area (Å²) in [5.41, 5.74) is 0.0825. The number of rotatable bonds is 3. The molecular weight excluding hydrogens is 264 g/mol. The first-order valence-electron chi connectivity index (χ1n) is 6.75. The molecule has 1 aromatic carbocycles. The fourth-order valence-electron chi connectivity index (χ4n) is 2.84. The van der Waals surface area contributed by atoms with Gasteiger partial charge in [-0.25, -0.2) is 18.7 Å². The summed E-state index contributed by atoms with van der Waals surface area (Å²) in [4.78, 5) is 11.8. The van der Waals surface area contributed by atoms with E-state index in [1.54, 1.807) is 4.57 Å². The summed E-state index contributed by atoms with van der Waals surface area (Å²) < 4.78 is 28.2. The Morgan fingerprint density at radius 3 is 2.75 bits per heavy atom. The molecule has 2 aromatic rings. The molecule has 20 heavy (non-hydrogen) atoms. The predicted octanol–water partition coefficient (Wildman–Crippen LogP) is 2.56. The van der Waals surface area contributed by atoms with Gasteiger partial charge in [0.2, 0.25) is 0 Å². The van der Waals surface area contributed by atoms with Crippen molar-refractivity contribution in [1.82, 2.24) is 14.8 Å². The van der Waals surface area contributed by atoms with E-state index in [0.29, 0.717) is 11.4 Å². The van der Waals surface area contributed by atoms with Crippen LogP contribution in [0, 0.1) is 11.6 Å². The number of nitrogens with zero attached hydrogens (tertiary/aromatic N) is 2. The van der Waals surface area contributed by atoms with E-state index in [-0.39, 0.29) is 18.2 Å². The van der Waals surface area contributed by atoms with Crippen molar-refractivity contribution in [3.8, 4) is 0 Å². The largest absolute Gasteiger partial charge is 0.343 e. The zero-order valence-electron chi connectivity index (χ0n) is 10.9. The second-order valence-corrected chi connectivity index (χ2v) is 5.17. The average Bonchev–Trinajstić information content (AvgIpc) is 3.02. The molecule has 0 bridgehead atoms. The maximum absolute atomic E-state index is 13.7. The minimum atomic E-state index is -0.613. The number of H-pyrrole nitrogens is 1. The maximum Gasteiger partial charge on any atom is 0.343 e. The van der Waals surface area contributed by atoms with Crippen molar-refractivity contribution in [3.63, 3.8) is 0 Å². The van der Waals surface area contributed by atoms with Crippen molar-refractivity contribution in [1.29, 1.82) is 0 Å². The third-order valence-corrected chi connectivity index (χ3v) is 3.83. The number of aromatic nitrogens is 3. The van der Waals surface area contributed by atoms with Crippen molar-refractivity contribution in [2.75, 3.05) is 0 Å². The molecule has 3 rings (SSSR count). The number of nitrogens with one attached hydrogen (secondary N) is 1. The Morgan fingerprint density at radius 1 is 1.30 bits per heavy atom. The summed E-state index contributed by atoms with van der Waals surface area (Å²) in [7, 11) is 0. The fraction of sp³-hybridized carbons (Fsp3) is 0.429. The second kappa shape index (κ2) is 5.19. The Balaban J connectivity index is 1.93. The van der Waals surface area contributed by atoms with E-state index < -0.39 is 11.6 Å². The molecule has 1 aliphatic carbocycles. The van der Waals surface area contributed by atoms with Crippen LogP contribution in [-0.2, 0) is 6.42 Å². The van der Waals surface area contributed by atoms with Gasteiger partial charge >= 0.3 is 5.69 Å². The topological polar surface area (TPSA) is 50.7 Å². The van der Waals surface area contributed by atoms with E-state index in [9.17, 15) is 13.6 Å². The Labute approximate surface area is 114 Å². The summed E-state index contributed by atoms with van der Waals surface area (Å²) >= 11 is 0. The lowest BCUT2D eigenvalue weighted by Gasteiger charge is -2.12. The molecule has 0 spiro atoms. The normalized spacial score (nSPS) is 15.9. The van der Waals surface area contributed by atoms with Crippen LogP contribution in [0.1, 0.15) is 43.1 Å². The van der Waals surface area contributed by atoms with Crippen LogP contribution >= 0.6 is 0 Å². The third-order valence-electron chi connectivity index (χ3n) is 3.83. The predicted molar refractivity (Wildman–Crippen MR) is 69.5 cm³/mol. The highest BCUT2D eigenvalue weighted by molar-refractivity contribution is 5.22. The summed E-state index contributed by atoms with van der Waals surface area (Å²) in [6.07, 6.45) is 4.25. The zero-order chi connectivity index (χ0) is 14.1. The molecule has 1 aromatic heterocycles. The van der Waals surface area contributed by atoms with Gasteiger partial charge in [0.1, 0.15) is 17.5 Å². The monoisotopic (exact) mass is 279 g/mol. The van der Waals surface area contributed by atoms with Crippen LogP contribution in [0.15, 0.2) is 23.0 Å². The Morgan fingerprint density at radius 2 is 2.05 bits per heavy atom. The third kappa shape index (κ3) is 2.37. The van der Waals surface area contributed by atoms with Gasteiger partial charge in [0.05, 0.1) is 0 Å². The molecule has 0 aliphatic heterocycles. The van der Waals surface area contributed by atoms with Crippen LogP contribution in [0.5, 0.6) is 0 Å². The lowest BCUT2D eigenvalue weighted by atomic mass is 10.1. The molecule has 0 amide bonds. The summed E-state index contributed by atoms with van der Waals surface area (Å²) in [5.74, 6) is -0.715. The van der Waals surface area contributed by atoms with Crippen LogP contribution in [0.3, 0.4) is 0 Å². The average molecular weight is 279 g/mol. The smallest absolute Gasteiger partial charge is 0.276 e. The number of benzene rings is 1. The van der Waals surface area contributed by atoms with Gasteiger partial charge in [-0.15, -0.1) is 0 Å². The standard InChI is InChI=1S/C14H15F2N3O/c15-10-6-5-9(12(16)8-10)7-13-17-18-14(20)19(13)11-3-1-2-4-11/h5-6,8,11H,1-4,7H2,(H,18,20). The van der Waals surface area contributed by atoms with Crippen LogP contribution < -0.4 is 5.69 Å². The molecule has 0 atom stereocenters. The van der Waals surface area contributed by atoms with Crippen molar-refractivity contribution >= 4 is 0 Å². The summed E-state index contributed by atoms with van der Waals surface area (Å²) in [5, 5.41) is 6.41. The zero-order valence-corrected chi connectivity index (χ0v) is 10.9. The SMILES string of the molecule is O=c1[nH]nc(Cc2ccc(F)cc2F)n1C1CCCC1. The van der Waals surface area contributed by atoms with Crippen LogP contribution in [-0.4, -0.2) is 14.8 Å². The van der Waals surface area contributed by atoms with Crippen molar-refractivity contribution in [2.45, 2.75) is 38.1 Å². The van der Waals surface area contributed by atoms with Crippen LogP contribution in [0.25, 0.3) is 0 Å². The highest BCUT2D eigenvalue weighted by Gasteiger charge is 2.22. The Bertz CT molecular complexity index is 671. The minimum Gasteiger partial charge on any atom is -0.276 e. The van der Waals surface area contributed by atoms with Gasteiger partial charge in [0.15, 0.2) is 0 Å². The van der Waals surface area contributed by atoms with Crippen molar-refractivity contribution in [3.05, 3.63) is 51.7 Å². The maximum atomic E-state index is 13.7. The molecule has 106 valence electrons. The number of hydrogen-bond donors (Lipinski definition) is 1. The summed E-state index contributed by atoms with van der Waals surface area (Å²) in [6, 6.07) is 3.59. The first-order chi connectivity index (χ1) is 9.65. The quantitative estimate of drug-likeness (QED) is 0.938. The fourth-order valence-corrected chi connectivity index (χ4v) is 2.84. The molecule has 1 fully saturated rings. The van der Waals surface area contributed by atoms with E-state index in [2.05, 4.69) is 10.2 Å². The first kappa shape index (κ1) is 13.0. The lowest BCUT2D eigenvalue weighted by molar-refractivity contribution is 0.485. The molecule has 4 nitrogen and oxygen atoms in total. The van der Waals surface area contributed by atoms with E-state index in [4.69, 9.17) is 0 Å². The van der Waals surface area contributed by atoms with Gasteiger partial charge < -0.3 is 0 Å². The molecule has 1 N–H and O–H groups in total. The molecule has 6 heteroatoms. The van der Waals surface area contributed by atoms with Gasteiger partial charge in [0, 0.05) is 18.5 Å². The summed E-state index contributed by atoms with van der Waals surface area (Å²) in [6.45, 7) is 0. The van der Waals surface area contributed by atoms with Gasteiger partial charge in [-0.05, 0) is 24.5 Å². The van der Waals surface area contributed by atoms with Gasteiger partial charge in [-0.2, -0.15) is 5.10 Å². The van der Waals surface area contributed by atoms with Crippen molar-refractivity contribution < 1.29 is 8.78 Å². The first-order valence-corrected chi connectivity index (χ1v) is 6.75. The van der Waals surface area contributed by atoms with E-state index in [1.165, 1.54) is 12.1 Å². The van der Waals surface area contributed by atoms with Gasteiger partial charge in [-0.1, -0.05) is 18.9 Å². The number of aromatic amines is 1. The highest BCUT2D eigenvalue weighted by Crippen LogP contribution is 2.29. The molecule has 1 heterocycles. The lowest BCUT2D eigenvalue weighted by Crippen LogP contribution is -2.22. The molecule has 0 radical (unpaired) electrons.